The number of rotatable bonds is 2. The highest BCUT2D eigenvalue weighted by atomic mass is 79.9. The summed E-state index contributed by atoms with van der Waals surface area (Å²) in [4.78, 5) is 17.1. The third-order valence-electron chi connectivity index (χ3n) is 3.41. The number of fused-ring (bicyclic) bond motifs is 1. The van der Waals surface area contributed by atoms with Crippen LogP contribution in [0.1, 0.15) is 21.7 Å². The van der Waals surface area contributed by atoms with E-state index in [2.05, 4.69) is 26.2 Å². The van der Waals surface area contributed by atoms with E-state index in [0.717, 1.165) is 10.0 Å². The first-order valence-electron chi connectivity index (χ1n) is 6.81. The Morgan fingerprint density at radius 1 is 1.35 bits per heavy atom. The van der Waals surface area contributed by atoms with Crippen molar-refractivity contribution in [1.29, 1.82) is 0 Å². The van der Waals surface area contributed by atoms with E-state index >= 15 is 0 Å². The minimum Gasteiger partial charge on any atom is -0.506 e. The van der Waals surface area contributed by atoms with Crippen LogP contribution < -0.4 is 5.32 Å². The molecule has 0 radical (unpaired) electrons. The molecule has 0 fully saturated rings. The molecule has 23 heavy (non-hydrogen) atoms. The van der Waals surface area contributed by atoms with Gasteiger partial charge in [-0.25, -0.2) is 4.98 Å². The molecule has 2 aromatic heterocycles. The fourth-order valence-electron chi connectivity index (χ4n) is 2.41. The van der Waals surface area contributed by atoms with Gasteiger partial charge >= 0.3 is 0 Å². The number of carbonyl (C=O) groups excluding carboxylic acids is 1. The zero-order valence-electron chi connectivity index (χ0n) is 12.4. The average molecular weight is 395 g/mol. The summed E-state index contributed by atoms with van der Waals surface area (Å²) >= 11 is 9.37. The number of phenolic OH excluding ortho intramolecular Hbond substituents is 1. The van der Waals surface area contributed by atoms with E-state index < -0.39 is 0 Å². The number of halogens is 2. The van der Waals surface area contributed by atoms with E-state index in [1.165, 1.54) is 12.1 Å². The van der Waals surface area contributed by atoms with Crippen molar-refractivity contribution in [3.05, 3.63) is 56.9 Å². The molecule has 0 atom stereocenters. The molecule has 0 bridgehead atoms. The van der Waals surface area contributed by atoms with Gasteiger partial charge in [-0.2, -0.15) is 0 Å². The highest BCUT2D eigenvalue weighted by molar-refractivity contribution is 9.10. The number of phenols is 1. The van der Waals surface area contributed by atoms with Crippen LogP contribution in [0.2, 0.25) is 5.02 Å². The fourth-order valence-corrected chi connectivity index (χ4v) is 3.22. The molecule has 2 heterocycles. The molecular formula is C16H13BrClN3O2. The third kappa shape index (κ3) is 2.92. The zero-order valence-corrected chi connectivity index (χ0v) is 14.7. The Morgan fingerprint density at radius 2 is 2.09 bits per heavy atom. The summed E-state index contributed by atoms with van der Waals surface area (Å²) in [5.41, 5.74) is 2.90. The van der Waals surface area contributed by atoms with Gasteiger partial charge in [-0.1, -0.05) is 11.6 Å². The summed E-state index contributed by atoms with van der Waals surface area (Å²) in [7, 11) is 0. The molecule has 0 unspecified atom stereocenters. The number of benzene rings is 1. The number of imidazole rings is 1. The first-order valence-corrected chi connectivity index (χ1v) is 7.98. The molecule has 3 rings (SSSR count). The van der Waals surface area contributed by atoms with Crippen LogP contribution in [0.3, 0.4) is 0 Å². The van der Waals surface area contributed by atoms with Crippen molar-refractivity contribution in [2.24, 2.45) is 0 Å². The SMILES string of the molecule is Cc1cc(Br)c2nc(C)c(C(=O)Nc3cc(Cl)ccc3O)n2c1. The number of hydrogen-bond acceptors (Lipinski definition) is 3. The normalized spacial score (nSPS) is 11.0. The van der Waals surface area contributed by atoms with Gasteiger partial charge in [0.05, 0.1) is 15.9 Å². The molecule has 7 heteroatoms. The summed E-state index contributed by atoms with van der Waals surface area (Å²) in [6.45, 7) is 3.70. The summed E-state index contributed by atoms with van der Waals surface area (Å²) in [5.74, 6) is -0.420. The minimum atomic E-state index is -0.370. The number of nitrogens with one attached hydrogen (secondary N) is 1. The van der Waals surface area contributed by atoms with Crippen LogP contribution in [0.15, 0.2) is 34.9 Å². The maximum atomic E-state index is 12.7. The van der Waals surface area contributed by atoms with Gasteiger partial charge in [0, 0.05) is 11.2 Å². The predicted octanol–water partition coefficient (Wildman–Crippen LogP) is 4.32. The third-order valence-corrected chi connectivity index (χ3v) is 4.23. The van der Waals surface area contributed by atoms with Gasteiger partial charge in [0.25, 0.3) is 5.91 Å². The van der Waals surface area contributed by atoms with Gasteiger partial charge in [0.2, 0.25) is 0 Å². The molecule has 2 N–H and O–H groups in total. The Labute approximate surface area is 146 Å². The van der Waals surface area contributed by atoms with Crippen LogP contribution >= 0.6 is 27.5 Å². The number of carbonyl (C=O) groups is 1. The predicted molar refractivity (Wildman–Crippen MR) is 93.4 cm³/mol. The van der Waals surface area contributed by atoms with Gasteiger partial charge in [-0.15, -0.1) is 0 Å². The smallest absolute Gasteiger partial charge is 0.274 e. The standard InChI is InChI=1S/C16H13BrClN3O2/c1-8-5-11(17)15-19-9(2)14(21(15)7-8)16(23)20-12-6-10(18)3-4-13(12)22/h3-7,22H,1-2H3,(H,20,23). The second-order valence-electron chi connectivity index (χ2n) is 5.22. The molecule has 0 saturated heterocycles. The molecule has 0 saturated carbocycles. The molecular weight excluding hydrogens is 382 g/mol. The van der Waals surface area contributed by atoms with Crippen molar-refractivity contribution < 1.29 is 9.90 Å². The van der Waals surface area contributed by atoms with Crippen molar-refractivity contribution in [2.45, 2.75) is 13.8 Å². The van der Waals surface area contributed by atoms with Crippen molar-refractivity contribution >= 4 is 44.8 Å². The van der Waals surface area contributed by atoms with Crippen molar-refractivity contribution in [3.63, 3.8) is 0 Å². The lowest BCUT2D eigenvalue weighted by atomic mass is 10.2. The van der Waals surface area contributed by atoms with Gasteiger partial charge in [0.15, 0.2) is 5.65 Å². The van der Waals surface area contributed by atoms with Crippen LogP contribution in [-0.2, 0) is 0 Å². The summed E-state index contributed by atoms with van der Waals surface area (Å²) in [5, 5.41) is 12.9. The van der Waals surface area contributed by atoms with E-state index in [-0.39, 0.29) is 17.3 Å². The number of amides is 1. The zero-order chi connectivity index (χ0) is 16.7. The Kier molecular flexibility index (Phi) is 4.04. The first kappa shape index (κ1) is 15.8. The number of aryl methyl sites for hydroxylation is 2. The molecule has 0 spiro atoms. The highest BCUT2D eigenvalue weighted by Crippen LogP contribution is 2.28. The van der Waals surface area contributed by atoms with Gasteiger partial charge in [0.1, 0.15) is 11.4 Å². The van der Waals surface area contributed by atoms with E-state index in [1.807, 2.05) is 19.2 Å². The Balaban J connectivity index is 2.08. The average Bonchev–Trinajstić information content (AvgIpc) is 2.79. The monoisotopic (exact) mass is 393 g/mol. The number of nitrogens with zero attached hydrogens (tertiary/aromatic N) is 2. The molecule has 0 aliphatic rings. The fraction of sp³-hybridized carbons (Fsp3) is 0.125. The number of pyridine rings is 1. The lowest BCUT2D eigenvalue weighted by Gasteiger charge is -2.09. The van der Waals surface area contributed by atoms with Crippen LogP contribution in [0.4, 0.5) is 5.69 Å². The molecule has 1 aromatic carbocycles. The number of aromatic hydroxyl groups is 1. The number of anilines is 1. The Morgan fingerprint density at radius 3 is 2.83 bits per heavy atom. The van der Waals surface area contributed by atoms with Gasteiger partial charge < -0.3 is 10.4 Å². The highest BCUT2D eigenvalue weighted by Gasteiger charge is 2.19. The molecule has 0 aliphatic heterocycles. The van der Waals surface area contributed by atoms with Crippen LogP contribution in [0.5, 0.6) is 5.75 Å². The van der Waals surface area contributed by atoms with E-state index in [1.54, 1.807) is 17.4 Å². The number of aromatic nitrogens is 2. The van der Waals surface area contributed by atoms with Crippen molar-refractivity contribution in [1.82, 2.24) is 9.38 Å². The van der Waals surface area contributed by atoms with E-state index in [9.17, 15) is 9.90 Å². The van der Waals surface area contributed by atoms with E-state index in [0.29, 0.717) is 22.1 Å². The summed E-state index contributed by atoms with van der Waals surface area (Å²) in [6.07, 6.45) is 1.84. The maximum absolute atomic E-state index is 12.7. The van der Waals surface area contributed by atoms with Crippen molar-refractivity contribution in [2.75, 3.05) is 5.32 Å². The minimum absolute atomic E-state index is 0.0495. The largest absolute Gasteiger partial charge is 0.506 e. The number of hydrogen-bond donors (Lipinski definition) is 2. The van der Waals surface area contributed by atoms with Crippen LogP contribution in [0, 0.1) is 13.8 Å². The molecule has 5 nitrogen and oxygen atoms in total. The molecule has 118 valence electrons. The van der Waals surface area contributed by atoms with Crippen molar-refractivity contribution in [3.8, 4) is 5.75 Å². The van der Waals surface area contributed by atoms with Crippen LogP contribution in [0.25, 0.3) is 5.65 Å². The maximum Gasteiger partial charge on any atom is 0.274 e. The summed E-state index contributed by atoms with van der Waals surface area (Å²) in [6, 6.07) is 6.41. The van der Waals surface area contributed by atoms with Crippen LogP contribution in [-0.4, -0.2) is 20.4 Å². The summed E-state index contributed by atoms with van der Waals surface area (Å²) < 4.78 is 2.54. The van der Waals surface area contributed by atoms with E-state index in [4.69, 9.17) is 11.6 Å². The lowest BCUT2D eigenvalue weighted by molar-refractivity contribution is 0.102. The second kappa shape index (κ2) is 5.86. The molecule has 1 amide bonds. The Bertz CT molecular complexity index is 937. The lowest BCUT2D eigenvalue weighted by Crippen LogP contribution is -2.15. The quantitative estimate of drug-likeness (QED) is 0.636. The molecule has 3 aromatic rings. The molecule has 0 aliphatic carbocycles. The first-order chi connectivity index (χ1) is 10.9. The van der Waals surface area contributed by atoms with Gasteiger partial charge in [-0.3, -0.25) is 9.20 Å². The Hall–Kier alpha value is -2.05. The second-order valence-corrected chi connectivity index (χ2v) is 6.51. The topological polar surface area (TPSA) is 66.6 Å². The van der Waals surface area contributed by atoms with Gasteiger partial charge in [-0.05, 0) is 59.6 Å².